The zero-order valence-electron chi connectivity index (χ0n) is 15.4. The van der Waals surface area contributed by atoms with Crippen molar-refractivity contribution in [3.05, 3.63) is 0 Å². The van der Waals surface area contributed by atoms with Crippen LogP contribution in [0.15, 0.2) is 0 Å². The normalized spacial score (nSPS) is 16.5. The number of hydrogen-bond donors (Lipinski definition) is 1. The van der Waals surface area contributed by atoms with Crippen LogP contribution in [0.5, 0.6) is 0 Å². The fraction of sp³-hybridized carbons (Fsp3) is 0.923. The van der Waals surface area contributed by atoms with Crippen molar-refractivity contribution in [2.45, 2.75) is 60.5 Å². The second-order valence-corrected chi connectivity index (χ2v) is 8.09. The Hall–Kier alpha value is -1.57. The predicted octanol–water partition coefficient (Wildman–Crippen LogP) is 5.61. The van der Waals surface area contributed by atoms with Crippen molar-refractivity contribution in [1.29, 1.82) is 0 Å². The van der Waals surface area contributed by atoms with E-state index in [0.29, 0.717) is 0 Å². The lowest BCUT2D eigenvalue weighted by atomic mass is 9.88. The average Bonchev–Trinajstić information content (AvgIpc) is 2.62. The lowest BCUT2D eigenvalue weighted by Crippen LogP contribution is -2.74. The van der Waals surface area contributed by atoms with Crippen molar-refractivity contribution in [2.24, 2.45) is 0 Å². The third-order valence-electron chi connectivity index (χ3n) is 3.97. The molecule has 0 radical (unpaired) electrons. The first-order valence-corrected chi connectivity index (χ1v) is 9.33. The summed E-state index contributed by atoms with van der Waals surface area (Å²) in [7, 11) is -2.84. The molecule has 204 valence electrons. The van der Waals surface area contributed by atoms with E-state index in [1.165, 1.54) is 0 Å². The van der Waals surface area contributed by atoms with Crippen LogP contribution < -0.4 is 0 Å². The number of alkyl halides is 17. The van der Waals surface area contributed by atoms with E-state index in [1.54, 1.807) is 0 Å². The number of carboxylic acids is 1. The van der Waals surface area contributed by atoms with E-state index in [0.717, 1.165) is 0 Å². The van der Waals surface area contributed by atoms with Crippen LogP contribution in [0.4, 0.5) is 74.6 Å². The molecule has 0 fully saturated rings. The molecule has 0 aliphatic heterocycles. The van der Waals surface area contributed by atoms with Gasteiger partial charge < -0.3 is 5.11 Å². The molecule has 0 aromatic heterocycles. The number of hydrogen-bond acceptors (Lipinski definition) is 2. The molecule has 0 bridgehead atoms. The Bertz CT molecular complexity index is 773. The Kier molecular flexibility index (Phi) is 8.72. The molecule has 1 unspecified atom stereocenters. The smallest absolute Gasteiger partial charge is 0.460 e. The quantitative estimate of drug-likeness (QED) is 0.312. The largest absolute Gasteiger partial charge is 0.481 e. The van der Waals surface area contributed by atoms with E-state index in [-0.39, 0.29) is 0 Å². The van der Waals surface area contributed by atoms with E-state index in [4.69, 9.17) is 5.11 Å². The number of halogens is 17. The summed E-state index contributed by atoms with van der Waals surface area (Å²) in [6.07, 6.45) is -11.7. The van der Waals surface area contributed by atoms with Gasteiger partial charge in [0, 0.05) is 28.7 Å². The maximum atomic E-state index is 13.5. The first-order chi connectivity index (χ1) is 14.6. The minimum absolute atomic E-state index is 1.07. The molecule has 0 saturated heterocycles. The second kappa shape index (κ2) is 9.14. The molecule has 0 aliphatic rings. The minimum atomic E-state index is -8.70. The van der Waals surface area contributed by atoms with Crippen LogP contribution in [0.3, 0.4) is 0 Å². The topological polar surface area (TPSA) is 54.4 Å². The van der Waals surface area contributed by atoms with Gasteiger partial charge >= 0.3 is 53.6 Å². The maximum Gasteiger partial charge on any atom is 0.460 e. The molecule has 0 saturated carbocycles. The van der Waals surface area contributed by atoms with E-state index < -0.39 is 88.8 Å². The van der Waals surface area contributed by atoms with Gasteiger partial charge in [-0.3, -0.25) is 9.00 Å². The van der Waals surface area contributed by atoms with Gasteiger partial charge in [0.2, 0.25) is 0 Å². The highest BCUT2D eigenvalue weighted by atomic mass is 32.2. The summed E-state index contributed by atoms with van der Waals surface area (Å²) in [5.74, 6) is -61.7. The predicted molar refractivity (Wildman–Crippen MR) is 75.4 cm³/mol. The van der Waals surface area contributed by atoms with Gasteiger partial charge in [-0.1, -0.05) is 0 Å². The molecule has 0 aromatic carbocycles. The minimum Gasteiger partial charge on any atom is -0.481 e. The Morgan fingerprint density at radius 2 is 0.882 bits per heavy atom. The fourth-order valence-corrected chi connectivity index (χ4v) is 2.99. The molecular formula is C13H9F17O3S. The molecule has 1 N–H and O–H groups in total. The van der Waals surface area contributed by atoms with Crippen molar-refractivity contribution >= 4 is 16.8 Å². The summed E-state index contributed by atoms with van der Waals surface area (Å²) in [6.45, 7) is 0. The van der Waals surface area contributed by atoms with Crippen LogP contribution >= 0.6 is 0 Å². The van der Waals surface area contributed by atoms with Gasteiger partial charge in [0.15, 0.2) is 0 Å². The summed E-state index contributed by atoms with van der Waals surface area (Å²) in [5, 5.41) is 8.22. The zero-order chi connectivity index (χ0) is 28.0. The fourth-order valence-electron chi connectivity index (χ4n) is 1.90. The lowest BCUT2D eigenvalue weighted by Gasteiger charge is -2.42. The van der Waals surface area contributed by atoms with Gasteiger partial charge in [-0.2, -0.15) is 74.6 Å². The van der Waals surface area contributed by atoms with Gasteiger partial charge in [0.1, 0.15) is 0 Å². The monoisotopic (exact) mass is 568 g/mol. The molecule has 21 heteroatoms. The number of carboxylic acid groups (broad SMARTS) is 1. The third kappa shape index (κ3) is 5.02. The second-order valence-electron chi connectivity index (χ2n) is 6.39. The van der Waals surface area contributed by atoms with Gasteiger partial charge in [-0.15, -0.1) is 0 Å². The van der Waals surface area contributed by atoms with Gasteiger partial charge in [0.25, 0.3) is 0 Å². The van der Waals surface area contributed by atoms with Crippen molar-refractivity contribution in [3.63, 3.8) is 0 Å². The Balaban J connectivity index is 6.30. The molecule has 0 spiro atoms. The summed E-state index contributed by atoms with van der Waals surface area (Å²) in [5.41, 5.74) is 0. The number of carbonyl (C=O) groups is 1. The SMILES string of the molecule is O=C(O)CCS(=O)CCC(F)(F)C(F)(F)C(F)(F)C(F)(F)C(F)(F)C(F)(F)C(F)(F)C(F)(F)F. The van der Waals surface area contributed by atoms with Crippen LogP contribution in [0.2, 0.25) is 0 Å². The van der Waals surface area contributed by atoms with Gasteiger partial charge in [-0.25, -0.2) is 0 Å². The first-order valence-electron chi connectivity index (χ1n) is 7.84. The molecule has 0 heterocycles. The molecular weight excluding hydrogens is 559 g/mol. The van der Waals surface area contributed by atoms with E-state index in [2.05, 4.69) is 0 Å². The summed E-state index contributed by atoms with van der Waals surface area (Å²) in [4.78, 5) is 10.2. The van der Waals surface area contributed by atoms with Crippen LogP contribution in [0, 0.1) is 0 Å². The highest BCUT2D eigenvalue weighted by Gasteiger charge is 2.95. The van der Waals surface area contributed by atoms with Crippen molar-refractivity contribution < 1.29 is 88.7 Å². The van der Waals surface area contributed by atoms with Crippen molar-refractivity contribution in [2.75, 3.05) is 11.5 Å². The first kappa shape index (κ1) is 32.4. The van der Waals surface area contributed by atoms with Crippen molar-refractivity contribution in [1.82, 2.24) is 0 Å². The standard InChI is InChI=1S/C13H9F17O3S/c14-6(15,2-4-34(33)3-1-5(31)32)7(16,17)8(18,19)9(20,21)10(22,23)11(24,25)12(26,27)13(28,29)30/h1-4H2,(H,31,32). The van der Waals surface area contributed by atoms with E-state index in [1.807, 2.05) is 0 Å². The molecule has 0 rings (SSSR count). The summed E-state index contributed by atoms with van der Waals surface area (Å²) in [6, 6.07) is 0. The number of aliphatic carboxylic acids is 1. The van der Waals surface area contributed by atoms with E-state index in [9.17, 15) is 83.6 Å². The Morgan fingerprint density at radius 3 is 1.21 bits per heavy atom. The van der Waals surface area contributed by atoms with Crippen LogP contribution in [0.1, 0.15) is 12.8 Å². The Labute approximate surface area is 178 Å². The highest BCUT2D eigenvalue weighted by molar-refractivity contribution is 7.84. The molecule has 1 atom stereocenters. The molecule has 0 aromatic rings. The maximum absolute atomic E-state index is 13.5. The summed E-state index contributed by atoms with van der Waals surface area (Å²) >= 11 is 0. The lowest BCUT2D eigenvalue weighted by molar-refractivity contribution is -0.461. The summed E-state index contributed by atoms with van der Waals surface area (Å²) < 4.78 is 233. The van der Waals surface area contributed by atoms with E-state index >= 15 is 0 Å². The van der Waals surface area contributed by atoms with Crippen LogP contribution in [-0.2, 0) is 15.6 Å². The van der Waals surface area contributed by atoms with Crippen molar-refractivity contribution in [3.8, 4) is 0 Å². The van der Waals surface area contributed by atoms with Gasteiger partial charge in [0.05, 0.1) is 6.42 Å². The number of rotatable bonds is 12. The molecule has 34 heavy (non-hydrogen) atoms. The molecule has 3 nitrogen and oxygen atoms in total. The van der Waals surface area contributed by atoms with Gasteiger partial charge in [-0.05, 0) is 0 Å². The third-order valence-corrected chi connectivity index (χ3v) is 5.29. The Morgan fingerprint density at radius 1 is 0.559 bits per heavy atom. The highest BCUT2D eigenvalue weighted by Crippen LogP contribution is 2.64. The average molecular weight is 568 g/mol. The van der Waals surface area contributed by atoms with Crippen LogP contribution in [0.25, 0.3) is 0 Å². The molecule has 0 amide bonds. The van der Waals surface area contributed by atoms with Crippen LogP contribution in [-0.4, -0.2) is 74.4 Å². The zero-order valence-corrected chi connectivity index (χ0v) is 16.2. The molecule has 0 aliphatic carbocycles.